The fourth-order valence-corrected chi connectivity index (χ4v) is 2.59. The van der Waals surface area contributed by atoms with Crippen LogP contribution in [0, 0.1) is 0 Å². The Hall–Kier alpha value is -0.650. The Morgan fingerprint density at radius 1 is 1.44 bits per heavy atom. The molecule has 0 amide bonds. The summed E-state index contributed by atoms with van der Waals surface area (Å²) in [6.07, 6.45) is 1.56. The maximum atomic E-state index is 6.08. The fourth-order valence-electron chi connectivity index (χ4n) is 1.41. The predicted octanol–water partition coefficient (Wildman–Crippen LogP) is 3.00. The van der Waals surface area contributed by atoms with Crippen LogP contribution >= 0.6 is 34.5 Å². The third-order valence-corrected chi connectivity index (χ3v) is 3.36. The van der Waals surface area contributed by atoms with Crippen molar-refractivity contribution >= 4 is 34.5 Å². The van der Waals surface area contributed by atoms with E-state index >= 15 is 0 Å². The van der Waals surface area contributed by atoms with Crippen LogP contribution in [-0.4, -0.2) is 4.98 Å². The first-order valence-electron chi connectivity index (χ1n) is 4.51. The number of rotatable bonds is 3. The van der Waals surface area contributed by atoms with Gasteiger partial charge in [0.2, 0.25) is 0 Å². The summed E-state index contributed by atoms with van der Waals surface area (Å²) >= 11 is 13.5. The van der Waals surface area contributed by atoms with Gasteiger partial charge in [0.15, 0.2) is 0 Å². The van der Waals surface area contributed by atoms with Crippen LogP contribution in [0.3, 0.4) is 0 Å². The normalized spacial score (nSPS) is 12.7. The molecule has 0 saturated carbocycles. The molecule has 0 fully saturated rings. The number of hydrazine groups is 1. The Bertz CT molecular complexity index is 473. The number of hydrogen-bond acceptors (Lipinski definition) is 4. The fraction of sp³-hybridized carbons (Fsp3) is 0.100. The molecule has 2 aromatic rings. The van der Waals surface area contributed by atoms with Crippen LogP contribution in [-0.2, 0) is 0 Å². The van der Waals surface area contributed by atoms with Crippen LogP contribution in [0.25, 0.3) is 0 Å². The molecule has 3 nitrogen and oxygen atoms in total. The Morgan fingerprint density at radius 2 is 2.25 bits per heavy atom. The van der Waals surface area contributed by atoms with Gasteiger partial charge in [-0.25, -0.2) is 5.43 Å². The molecule has 0 aliphatic carbocycles. The summed E-state index contributed by atoms with van der Waals surface area (Å²) in [7, 11) is 0. The largest absolute Gasteiger partial charge is 0.271 e. The van der Waals surface area contributed by atoms with Crippen LogP contribution in [0.15, 0.2) is 29.1 Å². The molecule has 1 unspecified atom stereocenters. The van der Waals surface area contributed by atoms with Crippen molar-refractivity contribution in [3.8, 4) is 0 Å². The molecule has 2 aromatic heterocycles. The van der Waals surface area contributed by atoms with E-state index in [1.54, 1.807) is 23.6 Å². The van der Waals surface area contributed by atoms with Crippen LogP contribution in [0.1, 0.15) is 17.3 Å². The summed E-state index contributed by atoms with van der Waals surface area (Å²) in [6.45, 7) is 0. The Kier molecular flexibility index (Phi) is 3.78. The zero-order valence-electron chi connectivity index (χ0n) is 8.15. The quantitative estimate of drug-likeness (QED) is 0.668. The smallest absolute Gasteiger partial charge is 0.0904 e. The predicted molar refractivity (Wildman–Crippen MR) is 67.7 cm³/mol. The van der Waals surface area contributed by atoms with Crippen molar-refractivity contribution in [3.63, 3.8) is 0 Å². The van der Waals surface area contributed by atoms with Gasteiger partial charge in [-0.3, -0.25) is 10.8 Å². The first-order valence-corrected chi connectivity index (χ1v) is 6.21. The number of pyridine rings is 1. The van der Waals surface area contributed by atoms with E-state index in [4.69, 9.17) is 29.0 Å². The van der Waals surface area contributed by atoms with Crippen molar-refractivity contribution in [1.29, 1.82) is 0 Å². The lowest BCUT2D eigenvalue weighted by molar-refractivity contribution is 0.623. The van der Waals surface area contributed by atoms with E-state index in [-0.39, 0.29) is 6.04 Å². The number of hydrogen-bond donors (Lipinski definition) is 2. The molecule has 1 atom stereocenters. The van der Waals surface area contributed by atoms with E-state index in [0.717, 1.165) is 5.56 Å². The van der Waals surface area contributed by atoms with Crippen molar-refractivity contribution in [1.82, 2.24) is 10.4 Å². The topological polar surface area (TPSA) is 50.9 Å². The summed E-state index contributed by atoms with van der Waals surface area (Å²) in [5.41, 5.74) is 4.40. The minimum absolute atomic E-state index is 0.212. The van der Waals surface area contributed by atoms with Gasteiger partial charge in [0.1, 0.15) is 0 Å². The van der Waals surface area contributed by atoms with Gasteiger partial charge in [0.25, 0.3) is 0 Å². The van der Waals surface area contributed by atoms with Crippen LogP contribution < -0.4 is 11.3 Å². The number of nitrogens with zero attached hydrogens (tertiary/aromatic N) is 1. The van der Waals surface area contributed by atoms with Gasteiger partial charge in [-0.1, -0.05) is 23.2 Å². The van der Waals surface area contributed by atoms with E-state index in [1.807, 2.05) is 16.8 Å². The maximum Gasteiger partial charge on any atom is 0.0904 e. The number of thiophene rings is 1. The van der Waals surface area contributed by atoms with E-state index < -0.39 is 0 Å². The summed E-state index contributed by atoms with van der Waals surface area (Å²) in [5, 5.41) is 4.98. The molecule has 6 heteroatoms. The molecule has 0 spiro atoms. The highest BCUT2D eigenvalue weighted by Crippen LogP contribution is 2.28. The average molecular weight is 274 g/mol. The standard InChI is InChI=1S/C10H9Cl2N3S/c11-7-3-8(12)10(14-4-7)9(15-13)6-1-2-16-5-6/h1-5,9,15H,13H2. The summed E-state index contributed by atoms with van der Waals surface area (Å²) < 4.78 is 0. The highest BCUT2D eigenvalue weighted by Gasteiger charge is 2.17. The molecule has 0 radical (unpaired) electrons. The number of halogens is 2. The van der Waals surface area contributed by atoms with Gasteiger partial charge < -0.3 is 0 Å². The second-order valence-corrected chi connectivity index (χ2v) is 4.80. The second-order valence-electron chi connectivity index (χ2n) is 3.18. The Balaban J connectivity index is 2.41. The van der Waals surface area contributed by atoms with Gasteiger partial charge in [-0.05, 0) is 28.5 Å². The van der Waals surface area contributed by atoms with Gasteiger partial charge in [-0.15, -0.1) is 0 Å². The number of nitrogens with two attached hydrogens (primary N) is 1. The first-order chi connectivity index (χ1) is 7.72. The molecular formula is C10H9Cl2N3S. The van der Waals surface area contributed by atoms with E-state index in [0.29, 0.717) is 15.7 Å². The minimum Gasteiger partial charge on any atom is -0.271 e. The summed E-state index contributed by atoms with van der Waals surface area (Å²) in [5.74, 6) is 5.53. The van der Waals surface area contributed by atoms with Gasteiger partial charge in [-0.2, -0.15) is 11.3 Å². The molecule has 84 valence electrons. The molecule has 0 aliphatic heterocycles. The van der Waals surface area contributed by atoms with Crippen LogP contribution in [0.5, 0.6) is 0 Å². The SMILES string of the molecule is NNC(c1ccsc1)c1ncc(Cl)cc1Cl. The molecule has 0 aromatic carbocycles. The summed E-state index contributed by atoms with van der Waals surface area (Å²) in [6, 6.07) is 3.42. The van der Waals surface area contributed by atoms with Crippen LogP contribution in [0.2, 0.25) is 10.0 Å². The van der Waals surface area contributed by atoms with Crippen molar-refractivity contribution in [2.24, 2.45) is 5.84 Å². The lowest BCUT2D eigenvalue weighted by atomic mass is 10.1. The molecule has 0 bridgehead atoms. The van der Waals surface area contributed by atoms with Crippen molar-refractivity contribution in [2.45, 2.75) is 6.04 Å². The zero-order chi connectivity index (χ0) is 11.5. The van der Waals surface area contributed by atoms with Crippen molar-refractivity contribution in [3.05, 3.63) is 50.4 Å². The Morgan fingerprint density at radius 3 is 2.81 bits per heavy atom. The molecular weight excluding hydrogens is 265 g/mol. The van der Waals surface area contributed by atoms with Crippen molar-refractivity contribution < 1.29 is 0 Å². The maximum absolute atomic E-state index is 6.08. The number of aromatic nitrogens is 1. The molecule has 3 N–H and O–H groups in total. The lowest BCUT2D eigenvalue weighted by Crippen LogP contribution is -2.29. The first kappa shape index (κ1) is 11.8. The highest BCUT2D eigenvalue weighted by atomic mass is 35.5. The molecule has 2 heterocycles. The van der Waals surface area contributed by atoms with Gasteiger partial charge in [0, 0.05) is 6.20 Å². The summed E-state index contributed by atoms with van der Waals surface area (Å²) in [4.78, 5) is 4.20. The minimum atomic E-state index is -0.212. The average Bonchev–Trinajstić information content (AvgIpc) is 2.75. The lowest BCUT2D eigenvalue weighted by Gasteiger charge is -2.15. The van der Waals surface area contributed by atoms with Crippen LogP contribution in [0.4, 0.5) is 0 Å². The Labute approximate surface area is 107 Å². The highest BCUT2D eigenvalue weighted by molar-refractivity contribution is 7.08. The monoisotopic (exact) mass is 273 g/mol. The van der Waals surface area contributed by atoms with Gasteiger partial charge in [0.05, 0.1) is 21.8 Å². The molecule has 2 rings (SSSR count). The van der Waals surface area contributed by atoms with Gasteiger partial charge >= 0.3 is 0 Å². The van der Waals surface area contributed by atoms with E-state index in [1.165, 1.54) is 0 Å². The third-order valence-electron chi connectivity index (χ3n) is 2.15. The van der Waals surface area contributed by atoms with E-state index in [2.05, 4.69) is 10.4 Å². The van der Waals surface area contributed by atoms with E-state index in [9.17, 15) is 0 Å². The van der Waals surface area contributed by atoms with Crippen molar-refractivity contribution in [2.75, 3.05) is 0 Å². The molecule has 16 heavy (non-hydrogen) atoms. The molecule has 0 saturated heterocycles. The number of nitrogens with one attached hydrogen (secondary N) is 1. The molecule has 0 aliphatic rings. The zero-order valence-corrected chi connectivity index (χ0v) is 10.5. The third kappa shape index (κ3) is 2.36. The second kappa shape index (κ2) is 5.12.